The Morgan fingerprint density at radius 3 is 2.34 bits per heavy atom. The Labute approximate surface area is 194 Å². The van der Waals surface area contributed by atoms with E-state index in [1.807, 2.05) is 25.1 Å². The van der Waals surface area contributed by atoms with Crippen LogP contribution < -0.4 is 10.6 Å². The number of thioether (sulfide) groups is 1. The maximum Gasteiger partial charge on any atom is 0.304 e. The van der Waals surface area contributed by atoms with Crippen molar-refractivity contribution in [2.45, 2.75) is 37.9 Å². The van der Waals surface area contributed by atoms with Crippen molar-refractivity contribution in [2.75, 3.05) is 53.1 Å². The maximum atomic E-state index is 12.2. The number of carbonyl (C=O) groups is 5. The van der Waals surface area contributed by atoms with E-state index in [-0.39, 0.29) is 49.3 Å². The van der Waals surface area contributed by atoms with Gasteiger partial charge in [0.05, 0.1) is 11.7 Å². The van der Waals surface area contributed by atoms with E-state index in [0.717, 1.165) is 11.8 Å². The van der Waals surface area contributed by atoms with Crippen molar-refractivity contribution in [3.05, 3.63) is 11.6 Å². The molecule has 32 heavy (non-hydrogen) atoms. The molecule has 10 nitrogen and oxygen atoms in total. The Hall–Kier alpha value is -2.40. The van der Waals surface area contributed by atoms with E-state index in [2.05, 4.69) is 10.6 Å². The average molecular weight is 473 g/mol. The van der Waals surface area contributed by atoms with Gasteiger partial charge >= 0.3 is 5.97 Å². The van der Waals surface area contributed by atoms with Crippen LogP contribution in [0.3, 0.4) is 0 Å². The molecule has 0 bridgehead atoms. The number of rotatable bonds is 17. The van der Waals surface area contributed by atoms with Crippen molar-refractivity contribution in [1.82, 2.24) is 20.4 Å². The third-order valence-corrected chi connectivity index (χ3v) is 5.50. The van der Waals surface area contributed by atoms with Gasteiger partial charge in [0.15, 0.2) is 0 Å². The van der Waals surface area contributed by atoms with Crippen molar-refractivity contribution in [1.29, 1.82) is 0 Å². The molecular formula is C21H36N4O6S. The van der Waals surface area contributed by atoms with E-state index in [1.54, 1.807) is 14.0 Å². The van der Waals surface area contributed by atoms with E-state index >= 15 is 0 Å². The van der Waals surface area contributed by atoms with Crippen molar-refractivity contribution in [2.24, 2.45) is 0 Å². The van der Waals surface area contributed by atoms with Crippen molar-refractivity contribution >= 4 is 41.7 Å². The summed E-state index contributed by atoms with van der Waals surface area (Å²) < 4.78 is 0. The number of carbonyl (C=O) groups excluding carboxylic acids is 4. The van der Waals surface area contributed by atoms with Crippen LogP contribution in [0.2, 0.25) is 0 Å². The topological polar surface area (TPSA) is 136 Å². The van der Waals surface area contributed by atoms with Crippen molar-refractivity contribution in [3.8, 4) is 0 Å². The molecule has 0 fully saturated rings. The molecule has 182 valence electrons. The van der Waals surface area contributed by atoms with Gasteiger partial charge in [0, 0.05) is 57.4 Å². The number of amides is 3. The molecule has 1 unspecified atom stereocenters. The minimum Gasteiger partial charge on any atom is -0.481 e. The van der Waals surface area contributed by atoms with Gasteiger partial charge in [-0.25, -0.2) is 0 Å². The Balaban J connectivity index is 4.03. The lowest BCUT2D eigenvalue weighted by molar-refractivity contribution is -0.136. The van der Waals surface area contributed by atoms with Gasteiger partial charge < -0.3 is 30.3 Å². The second-order valence-electron chi connectivity index (χ2n) is 7.57. The second kappa shape index (κ2) is 17.2. The molecule has 0 heterocycles. The zero-order chi connectivity index (χ0) is 24.5. The van der Waals surface area contributed by atoms with E-state index < -0.39 is 11.2 Å². The molecule has 11 heteroatoms. The van der Waals surface area contributed by atoms with Crippen LogP contribution >= 0.6 is 11.8 Å². The van der Waals surface area contributed by atoms with Gasteiger partial charge in [-0.1, -0.05) is 6.08 Å². The van der Waals surface area contributed by atoms with Crippen LogP contribution in [0.1, 0.15) is 32.6 Å². The van der Waals surface area contributed by atoms with Gasteiger partial charge in [0.25, 0.3) is 0 Å². The number of aliphatic carboxylic acids is 1. The van der Waals surface area contributed by atoms with Crippen LogP contribution in [0, 0.1) is 0 Å². The van der Waals surface area contributed by atoms with Crippen molar-refractivity contribution in [3.63, 3.8) is 0 Å². The predicted octanol–water partition coefficient (Wildman–Crippen LogP) is 0.131. The van der Waals surface area contributed by atoms with E-state index in [0.29, 0.717) is 37.9 Å². The summed E-state index contributed by atoms with van der Waals surface area (Å²) >= 11 is 1.14. The lowest BCUT2D eigenvalue weighted by Crippen LogP contribution is -2.37. The fourth-order valence-electron chi connectivity index (χ4n) is 2.35. The monoisotopic (exact) mass is 472 g/mol. The minimum absolute atomic E-state index is 0.0136. The largest absolute Gasteiger partial charge is 0.481 e. The molecule has 3 N–H and O–H groups in total. The smallest absolute Gasteiger partial charge is 0.304 e. The number of carboxylic acid groups (broad SMARTS) is 1. The van der Waals surface area contributed by atoms with Crippen LogP contribution in [0.15, 0.2) is 11.6 Å². The van der Waals surface area contributed by atoms with Crippen LogP contribution in [-0.4, -0.2) is 103 Å². The molecule has 0 spiro atoms. The van der Waals surface area contributed by atoms with Gasteiger partial charge in [0.2, 0.25) is 17.7 Å². The third kappa shape index (κ3) is 15.4. The van der Waals surface area contributed by atoms with Gasteiger partial charge in [-0.05, 0) is 27.4 Å². The molecule has 0 aliphatic rings. The highest BCUT2D eigenvalue weighted by atomic mass is 32.2. The average Bonchev–Trinajstić information content (AvgIpc) is 2.73. The number of carboxylic acids is 1. The number of aldehydes is 1. The number of nitrogens with one attached hydrogen (secondary N) is 2. The third-order valence-electron chi connectivity index (χ3n) is 4.36. The van der Waals surface area contributed by atoms with Gasteiger partial charge in [-0.2, -0.15) is 0 Å². The molecule has 0 saturated heterocycles. The summed E-state index contributed by atoms with van der Waals surface area (Å²) in [6.07, 6.45) is 3.17. The first-order chi connectivity index (χ1) is 15.1. The van der Waals surface area contributed by atoms with Crippen LogP contribution in [-0.2, 0) is 24.0 Å². The molecule has 0 radical (unpaired) electrons. The number of likely N-dealkylation sites (N-methyl/N-ethyl adjacent to an activating group) is 2. The molecule has 0 aromatic rings. The molecule has 0 aromatic heterocycles. The molecule has 0 rings (SSSR count). The Kier molecular flexibility index (Phi) is 15.9. The zero-order valence-electron chi connectivity index (χ0n) is 19.4. The molecule has 0 aliphatic carbocycles. The van der Waals surface area contributed by atoms with Crippen LogP contribution in [0.5, 0.6) is 0 Å². The lowest BCUT2D eigenvalue weighted by Gasteiger charge is -2.19. The fraction of sp³-hybridized carbons (Fsp3) is 0.667. The summed E-state index contributed by atoms with van der Waals surface area (Å²) in [5.41, 5.74) is 0.632. The first-order valence-electron chi connectivity index (χ1n) is 10.5. The fourth-order valence-corrected chi connectivity index (χ4v) is 3.28. The molecule has 0 aliphatic heterocycles. The molecule has 0 aromatic carbocycles. The highest BCUT2D eigenvalue weighted by Gasteiger charge is 2.17. The first kappa shape index (κ1) is 29.6. The Morgan fingerprint density at radius 2 is 1.75 bits per heavy atom. The molecule has 1 atom stereocenters. The van der Waals surface area contributed by atoms with Gasteiger partial charge in [0.1, 0.15) is 6.29 Å². The summed E-state index contributed by atoms with van der Waals surface area (Å²) in [5.74, 6) is -1.26. The van der Waals surface area contributed by atoms with Gasteiger partial charge in [-0.3, -0.25) is 19.2 Å². The zero-order valence-corrected chi connectivity index (χ0v) is 20.2. The number of hydrogen-bond donors (Lipinski definition) is 3. The predicted molar refractivity (Wildman–Crippen MR) is 124 cm³/mol. The second-order valence-corrected chi connectivity index (χ2v) is 8.91. The minimum atomic E-state index is -0.948. The molecule has 3 amide bonds. The summed E-state index contributed by atoms with van der Waals surface area (Å²) in [5, 5.41) is 13.5. The lowest BCUT2D eigenvalue weighted by atomic mass is 10.2. The van der Waals surface area contributed by atoms with Gasteiger partial charge in [-0.15, -0.1) is 11.8 Å². The summed E-state index contributed by atoms with van der Waals surface area (Å²) in [6.45, 7) is 3.39. The van der Waals surface area contributed by atoms with Crippen LogP contribution in [0.25, 0.3) is 0 Å². The Morgan fingerprint density at radius 1 is 1.06 bits per heavy atom. The van der Waals surface area contributed by atoms with E-state index in [1.165, 1.54) is 4.90 Å². The van der Waals surface area contributed by atoms with Crippen molar-refractivity contribution < 1.29 is 29.1 Å². The SMILES string of the molecule is C/C(=C\CN(C)C)C(=O)NCCCC(=O)NCCN(C)C(=O)CC(C=O)SCCC(=O)O. The van der Waals surface area contributed by atoms with Crippen LogP contribution in [0.4, 0.5) is 0 Å². The quantitative estimate of drug-likeness (QED) is 0.154. The molecule has 0 saturated carbocycles. The first-order valence-corrected chi connectivity index (χ1v) is 11.5. The Bertz CT molecular complexity index is 669. The maximum absolute atomic E-state index is 12.2. The summed E-state index contributed by atoms with van der Waals surface area (Å²) in [7, 11) is 5.42. The summed E-state index contributed by atoms with van der Waals surface area (Å²) in [6, 6.07) is 0. The normalized spacial score (nSPS) is 12.2. The number of nitrogens with zero attached hydrogens (tertiary/aromatic N) is 2. The summed E-state index contributed by atoms with van der Waals surface area (Å²) in [4.78, 5) is 61.0. The van der Waals surface area contributed by atoms with E-state index in [4.69, 9.17) is 5.11 Å². The highest BCUT2D eigenvalue weighted by molar-refractivity contribution is 8.00. The number of hydrogen-bond acceptors (Lipinski definition) is 7. The highest BCUT2D eigenvalue weighted by Crippen LogP contribution is 2.14. The molecular weight excluding hydrogens is 436 g/mol. The standard InChI is InChI=1S/C21H36N4O6S/c1-16(7-11-24(2)3)21(31)23-9-5-6-18(27)22-10-12-25(4)19(28)14-17(15-26)32-13-8-20(29)30/h7,15,17H,5-6,8-14H2,1-4H3,(H,22,27)(H,23,31)(H,29,30)/b16-7+. The van der Waals surface area contributed by atoms with E-state index in [9.17, 15) is 24.0 Å².